The second-order valence-corrected chi connectivity index (χ2v) is 7.18. The van der Waals surface area contributed by atoms with Crippen molar-refractivity contribution < 1.29 is 9.47 Å². The van der Waals surface area contributed by atoms with E-state index in [0.29, 0.717) is 13.2 Å². The van der Waals surface area contributed by atoms with E-state index in [2.05, 4.69) is 26.4 Å². The molecule has 1 unspecified atom stereocenters. The largest absolute Gasteiger partial charge is 0.457 e. The van der Waals surface area contributed by atoms with Crippen LogP contribution in [0.15, 0.2) is 72.0 Å². The molecule has 7 nitrogen and oxygen atoms in total. The zero-order valence-corrected chi connectivity index (χ0v) is 17.4. The van der Waals surface area contributed by atoms with Crippen LogP contribution < -0.4 is 10.1 Å². The third-order valence-electron chi connectivity index (χ3n) is 5.05. The maximum atomic E-state index is 6.08. The maximum absolute atomic E-state index is 6.08. The van der Waals surface area contributed by atoms with Crippen LogP contribution in [0.25, 0.3) is 0 Å². The van der Waals surface area contributed by atoms with Gasteiger partial charge in [-0.05, 0) is 18.2 Å². The predicted molar refractivity (Wildman–Crippen MR) is 117 cm³/mol. The molecular formula is C23H27N5O2. The number of nitrogens with one attached hydrogen (secondary N) is 1. The SMILES string of the molecule is CN=C(NCc1ccccc1Oc1ccccc1)N1CCOC(c2cnn(C)c2)C1. The van der Waals surface area contributed by atoms with Crippen molar-refractivity contribution in [2.75, 3.05) is 26.7 Å². The first-order valence-electron chi connectivity index (χ1n) is 10.1. The van der Waals surface area contributed by atoms with Gasteiger partial charge in [-0.3, -0.25) is 9.67 Å². The number of aliphatic imine (C=N–C) groups is 1. The number of rotatable bonds is 5. The highest BCUT2D eigenvalue weighted by atomic mass is 16.5. The van der Waals surface area contributed by atoms with Crippen LogP contribution in [0, 0.1) is 0 Å². The Balaban J connectivity index is 1.41. The molecule has 7 heteroatoms. The third kappa shape index (κ3) is 4.80. The van der Waals surface area contributed by atoms with Gasteiger partial charge < -0.3 is 19.7 Å². The maximum Gasteiger partial charge on any atom is 0.194 e. The van der Waals surface area contributed by atoms with Crippen LogP contribution in [0.1, 0.15) is 17.2 Å². The lowest BCUT2D eigenvalue weighted by Crippen LogP contribution is -2.47. The van der Waals surface area contributed by atoms with Crippen LogP contribution in [0.4, 0.5) is 0 Å². The van der Waals surface area contributed by atoms with Crippen molar-refractivity contribution in [3.8, 4) is 11.5 Å². The summed E-state index contributed by atoms with van der Waals surface area (Å²) in [7, 11) is 3.72. The number of hydrogen-bond acceptors (Lipinski definition) is 4. The smallest absolute Gasteiger partial charge is 0.194 e. The Morgan fingerprint density at radius 3 is 2.77 bits per heavy atom. The fourth-order valence-corrected chi connectivity index (χ4v) is 3.52. The van der Waals surface area contributed by atoms with Crippen molar-refractivity contribution >= 4 is 5.96 Å². The summed E-state index contributed by atoms with van der Waals surface area (Å²) in [4.78, 5) is 6.71. The van der Waals surface area contributed by atoms with Crippen molar-refractivity contribution in [2.45, 2.75) is 12.6 Å². The highest BCUT2D eigenvalue weighted by Crippen LogP contribution is 2.25. The van der Waals surface area contributed by atoms with Crippen molar-refractivity contribution in [3.05, 3.63) is 78.1 Å². The van der Waals surface area contributed by atoms with Crippen molar-refractivity contribution in [1.29, 1.82) is 0 Å². The third-order valence-corrected chi connectivity index (χ3v) is 5.05. The van der Waals surface area contributed by atoms with Crippen LogP contribution in [0.3, 0.4) is 0 Å². The van der Waals surface area contributed by atoms with Crippen molar-refractivity contribution in [1.82, 2.24) is 20.0 Å². The normalized spacial score (nSPS) is 17.1. The number of nitrogens with zero attached hydrogens (tertiary/aromatic N) is 4. The molecular weight excluding hydrogens is 378 g/mol. The molecule has 1 aliphatic heterocycles. The Kier molecular flexibility index (Phi) is 6.29. The van der Waals surface area contributed by atoms with Gasteiger partial charge in [-0.25, -0.2) is 0 Å². The van der Waals surface area contributed by atoms with E-state index in [4.69, 9.17) is 9.47 Å². The lowest BCUT2D eigenvalue weighted by Gasteiger charge is -2.34. The summed E-state index contributed by atoms with van der Waals surface area (Å²) in [6.07, 6.45) is 3.85. The van der Waals surface area contributed by atoms with Crippen LogP contribution in [-0.2, 0) is 18.3 Å². The standard InChI is InChI=1S/C23H27N5O2/c1-24-23(28-12-13-29-22(17-28)19-15-26-27(2)16-19)25-14-18-8-6-7-11-21(18)30-20-9-4-3-5-10-20/h3-11,15-16,22H,12-14,17H2,1-2H3,(H,24,25). The first-order valence-corrected chi connectivity index (χ1v) is 10.1. The number of ether oxygens (including phenoxy) is 2. The lowest BCUT2D eigenvalue weighted by atomic mass is 10.1. The van der Waals surface area contributed by atoms with E-state index in [-0.39, 0.29) is 6.10 Å². The monoisotopic (exact) mass is 405 g/mol. The molecule has 0 saturated carbocycles. The number of aromatic nitrogens is 2. The Bertz CT molecular complexity index is 986. The van der Waals surface area contributed by atoms with Gasteiger partial charge in [-0.2, -0.15) is 5.10 Å². The summed E-state index contributed by atoms with van der Waals surface area (Å²) >= 11 is 0. The number of benzene rings is 2. The highest BCUT2D eigenvalue weighted by Gasteiger charge is 2.25. The van der Waals surface area contributed by atoms with Gasteiger partial charge in [0.25, 0.3) is 0 Å². The first-order chi connectivity index (χ1) is 14.7. The Morgan fingerprint density at radius 1 is 1.20 bits per heavy atom. The summed E-state index contributed by atoms with van der Waals surface area (Å²) < 4.78 is 13.8. The topological polar surface area (TPSA) is 63.9 Å². The molecule has 0 radical (unpaired) electrons. The summed E-state index contributed by atoms with van der Waals surface area (Å²) in [5, 5.41) is 7.74. The Labute approximate surface area is 176 Å². The minimum atomic E-state index is -0.0142. The molecule has 1 N–H and O–H groups in total. The summed E-state index contributed by atoms with van der Waals surface area (Å²) in [5.41, 5.74) is 2.15. The molecule has 1 fully saturated rings. The molecule has 0 amide bonds. The fraction of sp³-hybridized carbons (Fsp3) is 0.304. The number of para-hydroxylation sites is 2. The highest BCUT2D eigenvalue weighted by molar-refractivity contribution is 5.80. The number of guanidine groups is 1. The van der Waals surface area contributed by atoms with Crippen LogP contribution in [0.5, 0.6) is 11.5 Å². The molecule has 0 bridgehead atoms. The summed E-state index contributed by atoms with van der Waals surface area (Å²) in [6, 6.07) is 17.9. The van der Waals surface area contributed by atoms with Gasteiger partial charge in [0.05, 0.1) is 19.3 Å². The van der Waals surface area contributed by atoms with E-state index in [1.165, 1.54) is 0 Å². The molecule has 1 atom stereocenters. The minimum absolute atomic E-state index is 0.0142. The van der Waals surface area contributed by atoms with Gasteiger partial charge in [0.2, 0.25) is 0 Å². The molecule has 156 valence electrons. The van der Waals surface area contributed by atoms with Crippen LogP contribution in [0.2, 0.25) is 0 Å². The molecule has 4 rings (SSSR count). The molecule has 3 aromatic rings. The Morgan fingerprint density at radius 2 is 2.00 bits per heavy atom. The molecule has 0 spiro atoms. The molecule has 1 aliphatic rings. The number of aryl methyl sites for hydroxylation is 1. The zero-order valence-electron chi connectivity index (χ0n) is 17.4. The predicted octanol–water partition coefficient (Wildman–Crippen LogP) is 3.36. The van der Waals surface area contributed by atoms with Gasteiger partial charge in [-0.1, -0.05) is 36.4 Å². The molecule has 0 aliphatic carbocycles. The Hall–Kier alpha value is -3.32. The van der Waals surface area contributed by atoms with E-state index < -0.39 is 0 Å². The number of morpholine rings is 1. The fourth-order valence-electron chi connectivity index (χ4n) is 3.52. The quantitative estimate of drug-likeness (QED) is 0.521. The van der Waals surface area contributed by atoms with Crippen molar-refractivity contribution in [3.63, 3.8) is 0 Å². The van der Waals surface area contributed by atoms with E-state index in [0.717, 1.165) is 41.7 Å². The van der Waals surface area contributed by atoms with E-state index in [9.17, 15) is 0 Å². The molecule has 1 saturated heterocycles. The summed E-state index contributed by atoms with van der Waals surface area (Å²) in [5.74, 6) is 2.50. The average Bonchev–Trinajstić information content (AvgIpc) is 3.23. The average molecular weight is 406 g/mol. The number of hydrogen-bond donors (Lipinski definition) is 1. The van der Waals surface area contributed by atoms with E-state index >= 15 is 0 Å². The summed E-state index contributed by atoms with van der Waals surface area (Å²) in [6.45, 7) is 2.78. The second-order valence-electron chi connectivity index (χ2n) is 7.18. The minimum Gasteiger partial charge on any atom is -0.457 e. The molecule has 1 aromatic heterocycles. The van der Waals surface area contributed by atoms with Gasteiger partial charge in [0, 0.05) is 44.5 Å². The second kappa shape index (κ2) is 9.45. The van der Waals surface area contributed by atoms with Gasteiger partial charge in [0.15, 0.2) is 5.96 Å². The zero-order chi connectivity index (χ0) is 20.8. The van der Waals surface area contributed by atoms with E-state index in [1.54, 1.807) is 4.68 Å². The molecule has 2 heterocycles. The van der Waals surface area contributed by atoms with Crippen LogP contribution >= 0.6 is 0 Å². The van der Waals surface area contributed by atoms with E-state index in [1.807, 2.05) is 75.0 Å². The van der Waals surface area contributed by atoms with Gasteiger partial charge in [0.1, 0.15) is 17.6 Å². The van der Waals surface area contributed by atoms with Gasteiger partial charge >= 0.3 is 0 Å². The van der Waals surface area contributed by atoms with Gasteiger partial charge in [-0.15, -0.1) is 0 Å². The van der Waals surface area contributed by atoms with Crippen molar-refractivity contribution in [2.24, 2.45) is 12.0 Å². The first kappa shape index (κ1) is 20.0. The molecule has 2 aromatic carbocycles. The van der Waals surface area contributed by atoms with Crippen LogP contribution in [-0.4, -0.2) is 47.4 Å². The lowest BCUT2D eigenvalue weighted by molar-refractivity contribution is -0.00805. The molecule has 30 heavy (non-hydrogen) atoms.